The summed E-state index contributed by atoms with van der Waals surface area (Å²) in [6.07, 6.45) is 4.45. The maximum Gasteiger partial charge on any atom is 0.107 e. The minimum atomic E-state index is 0.226. The van der Waals surface area contributed by atoms with E-state index in [0.717, 1.165) is 31.2 Å². The van der Waals surface area contributed by atoms with Gasteiger partial charge >= 0.3 is 0 Å². The van der Waals surface area contributed by atoms with Crippen molar-refractivity contribution in [2.75, 3.05) is 32.8 Å². The van der Waals surface area contributed by atoms with Crippen LogP contribution in [0.3, 0.4) is 0 Å². The van der Waals surface area contributed by atoms with Crippen molar-refractivity contribution < 1.29 is 5.11 Å². The van der Waals surface area contributed by atoms with E-state index in [1.54, 1.807) is 11.3 Å². The first kappa shape index (κ1) is 13.9. The number of nitrogens with zero attached hydrogens (tertiary/aromatic N) is 3. The zero-order chi connectivity index (χ0) is 12.8. The Balaban J connectivity index is 1.89. The molecule has 18 heavy (non-hydrogen) atoms. The Kier molecular flexibility index (Phi) is 5.56. The molecule has 0 unspecified atom stereocenters. The van der Waals surface area contributed by atoms with Crippen molar-refractivity contribution in [3.05, 3.63) is 16.6 Å². The number of aliphatic hydroxyl groups is 1. The van der Waals surface area contributed by atoms with Crippen LogP contribution in [-0.2, 0) is 6.54 Å². The monoisotopic (exact) mass is 269 g/mol. The van der Waals surface area contributed by atoms with E-state index in [1.807, 2.05) is 11.6 Å². The summed E-state index contributed by atoms with van der Waals surface area (Å²) in [5, 5.41) is 12.3. The number of rotatable bonds is 7. The lowest BCUT2D eigenvalue weighted by atomic mass is 10.2. The maximum atomic E-state index is 9.19. The largest absolute Gasteiger partial charge is 0.395 e. The molecule has 102 valence electrons. The molecule has 1 aliphatic rings. The first-order chi connectivity index (χ1) is 8.83. The Hall–Kier alpha value is -0.490. The number of thiazole rings is 1. The molecule has 0 spiro atoms. The molecule has 1 aliphatic heterocycles. The molecule has 0 aliphatic carbocycles. The van der Waals surface area contributed by atoms with Gasteiger partial charge in [-0.05, 0) is 25.9 Å². The first-order valence-electron chi connectivity index (χ1n) is 6.79. The second-order valence-electron chi connectivity index (χ2n) is 4.81. The quantitative estimate of drug-likeness (QED) is 0.813. The van der Waals surface area contributed by atoms with Gasteiger partial charge < -0.3 is 5.11 Å². The van der Waals surface area contributed by atoms with Crippen LogP contribution in [0.2, 0.25) is 0 Å². The molecule has 1 saturated heterocycles. The number of hydrogen-bond donors (Lipinski definition) is 1. The Morgan fingerprint density at radius 3 is 3.17 bits per heavy atom. The van der Waals surface area contributed by atoms with Gasteiger partial charge in [-0.25, -0.2) is 4.98 Å². The van der Waals surface area contributed by atoms with Crippen molar-refractivity contribution in [1.82, 2.24) is 14.8 Å². The average molecular weight is 269 g/mol. The van der Waals surface area contributed by atoms with Crippen LogP contribution in [0.5, 0.6) is 0 Å². The lowest BCUT2D eigenvalue weighted by Crippen LogP contribution is -2.41. The van der Waals surface area contributed by atoms with Crippen molar-refractivity contribution in [2.45, 2.75) is 32.4 Å². The van der Waals surface area contributed by atoms with Crippen LogP contribution in [0.4, 0.5) is 0 Å². The maximum absolute atomic E-state index is 9.19. The summed E-state index contributed by atoms with van der Waals surface area (Å²) >= 11 is 1.69. The SMILES string of the molecule is CCN1CCC[C@@H]1CN(CCO)Cc1nccs1. The van der Waals surface area contributed by atoms with Gasteiger partial charge in [-0.2, -0.15) is 0 Å². The molecule has 1 fully saturated rings. The highest BCUT2D eigenvalue weighted by Gasteiger charge is 2.25. The molecule has 0 saturated carbocycles. The normalized spacial score (nSPS) is 20.9. The number of aromatic nitrogens is 1. The summed E-state index contributed by atoms with van der Waals surface area (Å²) in [4.78, 5) is 9.21. The molecule has 0 amide bonds. The van der Waals surface area contributed by atoms with Gasteiger partial charge in [-0.15, -0.1) is 11.3 Å². The number of likely N-dealkylation sites (tertiary alicyclic amines) is 1. The highest BCUT2D eigenvalue weighted by atomic mass is 32.1. The van der Waals surface area contributed by atoms with Gasteiger partial charge in [0.2, 0.25) is 0 Å². The van der Waals surface area contributed by atoms with Gasteiger partial charge in [0, 0.05) is 30.7 Å². The summed E-state index contributed by atoms with van der Waals surface area (Å²) in [7, 11) is 0. The summed E-state index contributed by atoms with van der Waals surface area (Å²) in [5.74, 6) is 0. The molecule has 2 heterocycles. The second kappa shape index (κ2) is 7.19. The molecule has 0 aromatic carbocycles. The van der Waals surface area contributed by atoms with E-state index in [2.05, 4.69) is 21.7 Å². The Bertz CT molecular complexity index is 331. The molecule has 5 heteroatoms. The van der Waals surface area contributed by atoms with E-state index >= 15 is 0 Å². The molecular weight excluding hydrogens is 246 g/mol. The van der Waals surface area contributed by atoms with E-state index in [9.17, 15) is 5.11 Å². The van der Waals surface area contributed by atoms with Crippen LogP contribution in [0, 0.1) is 0 Å². The van der Waals surface area contributed by atoms with Crippen molar-refractivity contribution in [3.8, 4) is 0 Å². The Labute approximate surface area is 113 Å². The number of aliphatic hydroxyl groups excluding tert-OH is 1. The van der Waals surface area contributed by atoms with Crippen LogP contribution in [-0.4, -0.2) is 58.7 Å². The summed E-state index contributed by atoms with van der Waals surface area (Å²) < 4.78 is 0. The average Bonchev–Trinajstić information content (AvgIpc) is 3.00. The van der Waals surface area contributed by atoms with Crippen LogP contribution in [0.1, 0.15) is 24.8 Å². The fourth-order valence-electron chi connectivity index (χ4n) is 2.71. The second-order valence-corrected chi connectivity index (χ2v) is 5.79. The smallest absolute Gasteiger partial charge is 0.107 e. The lowest BCUT2D eigenvalue weighted by Gasteiger charge is -2.29. The molecule has 0 radical (unpaired) electrons. The molecular formula is C13H23N3OS. The summed E-state index contributed by atoms with van der Waals surface area (Å²) in [5.41, 5.74) is 0. The topological polar surface area (TPSA) is 39.6 Å². The van der Waals surface area contributed by atoms with E-state index in [-0.39, 0.29) is 6.61 Å². The minimum Gasteiger partial charge on any atom is -0.395 e. The molecule has 1 aromatic heterocycles. The molecule has 1 aromatic rings. The molecule has 4 nitrogen and oxygen atoms in total. The van der Waals surface area contributed by atoms with Crippen LogP contribution >= 0.6 is 11.3 Å². The van der Waals surface area contributed by atoms with Gasteiger partial charge in [0.25, 0.3) is 0 Å². The van der Waals surface area contributed by atoms with Crippen molar-refractivity contribution in [3.63, 3.8) is 0 Å². The van der Waals surface area contributed by atoms with Gasteiger partial charge in [-0.1, -0.05) is 6.92 Å². The zero-order valence-corrected chi connectivity index (χ0v) is 11.9. The third-order valence-corrected chi connectivity index (χ3v) is 4.40. The highest BCUT2D eigenvalue weighted by Crippen LogP contribution is 2.18. The third kappa shape index (κ3) is 3.75. The first-order valence-corrected chi connectivity index (χ1v) is 7.67. The molecule has 2 rings (SSSR count). The van der Waals surface area contributed by atoms with Crippen molar-refractivity contribution in [2.24, 2.45) is 0 Å². The van der Waals surface area contributed by atoms with E-state index in [1.165, 1.54) is 19.4 Å². The molecule has 1 N–H and O–H groups in total. The van der Waals surface area contributed by atoms with Crippen LogP contribution in [0.25, 0.3) is 0 Å². The van der Waals surface area contributed by atoms with E-state index in [4.69, 9.17) is 0 Å². The van der Waals surface area contributed by atoms with E-state index < -0.39 is 0 Å². The predicted octanol–water partition coefficient (Wildman–Crippen LogP) is 1.42. The lowest BCUT2D eigenvalue weighted by molar-refractivity contribution is 0.143. The Morgan fingerprint density at radius 1 is 1.61 bits per heavy atom. The minimum absolute atomic E-state index is 0.226. The predicted molar refractivity (Wildman–Crippen MR) is 74.7 cm³/mol. The number of likely N-dealkylation sites (N-methyl/N-ethyl adjacent to an activating group) is 1. The van der Waals surface area contributed by atoms with Crippen LogP contribution in [0.15, 0.2) is 11.6 Å². The highest BCUT2D eigenvalue weighted by molar-refractivity contribution is 7.09. The van der Waals surface area contributed by atoms with Gasteiger partial charge in [0.15, 0.2) is 0 Å². The molecule has 1 atom stereocenters. The molecule has 0 bridgehead atoms. The summed E-state index contributed by atoms with van der Waals surface area (Å²) in [6, 6.07) is 0.654. The van der Waals surface area contributed by atoms with Gasteiger partial charge in [0.05, 0.1) is 13.2 Å². The zero-order valence-electron chi connectivity index (χ0n) is 11.1. The number of hydrogen-bond acceptors (Lipinski definition) is 5. The van der Waals surface area contributed by atoms with Gasteiger partial charge in [-0.3, -0.25) is 9.80 Å². The third-order valence-electron chi connectivity index (χ3n) is 3.63. The summed E-state index contributed by atoms with van der Waals surface area (Å²) in [6.45, 7) is 7.48. The van der Waals surface area contributed by atoms with Crippen molar-refractivity contribution >= 4 is 11.3 Å². The standard InChI is InChI=1S/C13H23N3OS/c1-2-16-6-3-4-12(16)10-15(7-8-17)11-13-14-5-9-18-13/h5,9,12,17H,2-4,6-8,10-11H2,1H3/t12-/m1/s1. The van der Waals surface area contributed by atoms with Crippen molar-refractivity contribution in [1.29, 1.82) is 0 Å². The fourth-order valence-corrected chi connectivity index (χ4v) is 3.37. The van der Waals surface area contributed by atoms with Crippen LogP contribution < -0.4 is 0 Å². The Morgan fingerprint density at radius 2 is 2.50 bits per heavy atom. The van der Waals surface area contributed by atoms with E-state index in [0.29, 0.717) is 6.04 Å². The fraction of sp³-hybridized carbons (Fsp3) is 0.769. The van der Waals surface area contributed by atoms with Gasteiger partial charge in [0.1, 0.15) is 5.01 Å².